The van der Waals surface area contributed by atoms with Crippen LogP contribution in [0.1, 0.15) is 53.6 Å². The first-order valence-electron chi connectivity index (χ1n) is 10.7. The van der Waals surface area contributed by atoms with Crippen molar-refractivity contribution in [3.8, 4) is 0 Å². The SMILES string of the molecule is O=C(NCc1ccccc1CN1CCCC1)c1ccc(N2CCCCC2=O)cc1. The molecule has 2 saturated heterocycles. The Kier molecular flexibility index (Phi) is 6.25. The molecule has 2 aliphatic heterocycles. The van der Waals surface area contributed by atoms with Crippen molar-refractivity contribution in [3.05, 3.63) is 65.2 Å². The third-order valence-corrected chi connectivity index (χ3v) is 5.92. The fourth-order valence-corrected chi connectivity index (χ4v) is 4.22. The second-order valence-corrected chi connectivity index (χ2v) is 7.98. The van der Waals surface area contributed by atoms with Crippen molar-refractivity contribution < 1.29 is 9.59 Å². The number of benzene rings is 2. The Labute approximate surface area is 172 Å². The van der Waals surface area contributed by atoms with Gasteiger partial charge in [0.2, 0.25) is 5.91 Å². The third kappa shape index (κ3) is 4.85. The highest BCUT2D eigenvalue weighted by Crippen LogP contribution is 2.21. The van der Waals surface area contributed by atoms with Crippen LogP contribution in [0.4, 0.5) is 5.69 Å². The largest absolute Gasteiger partial charge is 0.348 e. The van der Waals surface area contributed by atoms with Crippen LogP contribution in [0.3, 0.4) is 0 Å². The number of rotatable bonds is 6. The number of nitrogens with one attached hydrogen (secondary N) is 1. The van der Waals surface area contributed by atoms with Crippen LogP contribution in [0.2, 0.25) is 0 Å². The highest BCUT2D eigenvalue weighted by atomic mass is 16.2. The summed E-state index contributed by atoms with van der Waals surface area (Å²) in [5, 5.41) is 3.05. The van der Waals surface area contributed by atoms with E-state index in [9.17, 15) is 9.59 Å². The van der Waals surface area contributed by atoms with Crippen molar-refractivity contribution in [2.24, 2.45) is 0 Å². The molecule has 2 heterocycles. The highest BCUT2D eigenvalue weighted by molar-refractivity contribution is 5.96. The maximum atomic E-state index is 12.6. The minimum Gasteiger partial charge on any atom is -0.348 e. The van der Waals surface area contributed by atoms with E-state index < -0.39 is 0 Å². The zero-order chi connectivity index (χ0) is 20.1. The molecule has 2 aliphatic rings. The summed E-state index contributed by atoms with van der Waals surface area (Å²) in [4.78, 5) is 29.0. The zero-order valence-corrected chi connectivity index (χ0v) is 16.9. The fourth-order valence-electron chi connectivity index (χ4n) is 4.22. The lowest BCUT2D eigenvalue weighted by molar-refractivity contribution is -0.119. The normalized spacial score (nSPS) is 17.5. The molecule has 5 nitrogen and oxygen atoms in total. The molecule has 4 rings (SSSR count). The smallest absolute Gasteiger partial charge is 0.251 e. The van der Waals surface area contributed by atoms with Gasteiger partial charge in [0.1, 0.15) is 0 Å². The number of amides is 2. The Morgan fingerprint density at radius 2 is 1.55 bits per heavy atom. The quantitative estimate of drug-likeness (QED) is 0.816. The maximum absolute atomic E-state index is 12.6. The molecule has 2 amide bonds. The summed E-state index contributed by atoms with van der Waals surface area (Å²) < 4.78 is 0. The summed E-state index contributed by atoms with van der Waals surface area (Å²) >= 11 is 0. The van der Waals surface area contributed by atoms with E-state index in [2.05, 4.69) is 28.4 Å². The van der Waals surface area contributed by atoms with Crippen LogP contribution in [0.15, 0.2) is 48.5 Å². The van der Waals surface area contributed by atoms with E-state index in [0.717, 1.165) is 44.7 Å². The van der Waals surface area contributed by atoms with Gasteiger partial charge in [-0.05, 0) is 74.2 Å². The van der Waals surface area contributed by atoms with Crippen LogP contribution in [-0.2, 0) is 17.9 Å². The molecule has 1 N–H and O–H groups in total. The third-order valence-electron chi connectivity index (χ3n) is 5.92. The van der Waals surface area contributed by atoms with Crippen molar-refractivity contribution in [3.63, 3.8) is 0 Å². The van der Waals surface area contributed by atoms with Gasteiger partial charge in [-0.1, -0.05) is 24.3 Å². The number of likely N-dealkylation sites (tertiary alicyclic amines) is 1. The summed E-state index contributed by atoms with van der Waals surface area (Å²) in [6, 6.07) is 15.7. The van der Waals surface area contributed by atoms with Gasteiger partial charge in [-0.3, -0.25) is 14.5 Å². The van der Waals surface area contributed by atoms with Crippen molar-refractivity contribution in [1.29, 1.82) is 0 Å². The van der Waals surface area contributed by atoms with Crippen LogP contribution in [0.25, 0.3) is 0 Å². The second-order valence-electron chi connectivity index (χ2n) is 7.98. The minimum atomic E-state index is -0.0857. The van der Waals surface area contributed by atoms with E-state index >= 15 is 0 Å². The topological polar surface area (TPSA) is 52.7 Å². The second kappa shape index (κ2) is 9.23. The Morgan fingerprint density at radius 1 is 0.862 bits per heavy atom. The number of piperidine rings is 1. The summed E-state index contributed by atoms with van der Waals surface area (Å²) in [5.41, 5.74) is 3.95. The molecule has 0 bridgehead atoms. The summed E-state index contributed by atoms with van der Waals surface area (Å²) in [5.74, 6) is 0.0838. The first kappa shape index (κ1) is 19.6. The van der Waals surface area contributed by atoms with Crippen molar-refractivity contribution in [2.75, 3.05) is 24.5 Å². The van der Waals surface area contributed by atoms with Gasteiger partial charge < -0.3 is 10.2 Å². The van der Waals surface area contributed by atoms with Crippen LogP contribution in [-0.4, -0.2) is 36.3 Å². The summed E-state index contributed by atoms with van der Waals surface area (Å²) in [6.45, 7) is 4.55. The molecule has 2 fully saturated rings. The van der Waals surface area contributed by atoms with E-state index in [1.807, 2.05) is 35.2 Å². The highest BCUT2D eigenvalue weighted by Gasteiger charge is 2.20. The van der Waals surface area contributed by atoms with Gasteiger partial charge in [-0.2, -0.15) is 0 Å². The molecule has 0 atom stereocenters. The predicted octanol–water partition coefficient (Wildman–Crippen LogP) is 3.73. The molecule has 29 heavy (non-hydrogen) atoms. The number of anilines is 1. The van der Waals surface area contributed by atoms with Crippen molar-refractivity contribution in [2.45, 2.75) is 45.2 Å². The molecule has 2 aromatic rings. The molecule has 5 heteroatoms. The Morgan fingerprint density at radius 3 is 2.28 bits per heavy atom. The lowest BCUT2D eigenvalue weighted by atomic mass is 10.1. The van der Waals surface area contributed by atoms with Crippen molar-refractivity contribution in [1.82, 2.24) is 10.2 Å². The van der Waals surface area contributed by atoms with Gasteiger partial charge in [0.05, 0.1) is 0 Å². The molecule has 0 spiro atoms. The predicted molar refractivity (Wildman–Crippen MR) is 115 cm³/mol. The number of hydrogen-bond acceptors (Lipinski definition) is 3. The van der Waals surface area contributed by atoms with Gasteiger partial charge in [0.25, 0.3) is 5.91 Å². The Balaban J connectivity index is 1.37. The number of carbonyl (C=O) groups excluding carboxylic acids is 2. The molecular weight excluding hydrogens is 362 g/mol. The number of hydrogen-bond donors (Lipinski definition) is 1. The van der Waals surface area contributed by atoms with Gasteiger partial charge in [-0.15, -0.1) is 0 Å². The van der Waals surface area contributed by atoms with Gasteiger partial charge in [-0.25, -0.2) is 0 Å². The van der Waals surface area contributed by atoms with Crippen LogP contribution in [0, 0.1) is 0 Å². The van der Waals surface area contributed by atoms with E-state index in [-0.39, 0.29) is 11.8 Å². The molecule has 0 unspecified atom stereocenters. The van der Waals surface area contributed by atoms with Crippen LogP contribution >= 0.6 is 0 Å². The molecular formula is C24H29N3O2. The molecule has 0 saturated carbocycles. The fraction of sp³-hybridized carbons (Fsp3) is 0.417. The molecule has 152 valence electrons. The zero-order valence-electron chi connectivity index (χ0n) is 16.9. The number of nitrogens with zero attached hydrogens (tertiary/aromatic N) is 2. The standard InChI is InChI=1S/C24H29N3O2/c28-23-9-3-4-16-27(23)22-12-10-19(11-13-22)24(29)25-17-20-7-1-2-8-21(20)18-26-14-5-6-15-26/h1-2,7-8,10-13H,3-6,9,14-18H2,(H,25,29). The molecule has 0 aliphatic carbocycles. The van der Waals surface area contributed by atoms with E-state index in [1.54, 1.807) is 0 Å². The molecule has 0 radical (unpaired) electrons. The lowest BCUT2D eigenvalue weighted by Gasteiger charge is -2.26. The van der Waals surface area contributed by atoms with E-state index in [1.165, 1.54) is 24.0 Å². The Hall–Kier alpha value is -2.66. The van der Waals surface area contributed by atoms with Crippen molar-refractivity contribution >= 4 is 17.5 Å². The lowest BCUT2D eigenvalue weighted by Crippen LogP contribution is -2.35. The van der Waals surface area contributed by atoms with Gasteiger partial charge in [0, 0.05) is 37.3 Å². The minimum absolute atomic E-state index is 0.0857. The molecule has 2 aromatic carbocycles. The summed E-state index contributed by atoms with van der Waals surface area (Å²) in [7, 11) is 0. The first-order valence-corrected chi connectivity index (χ1v) is 10.7. The van der Waals surface area contributed by atoms with Crippen LogP contribution < -0.4 is 10.2 Å². The van der Waals surface area contributed by atoms with Gasteiger partial charge in [0.15, 0.2) is 0 Å². The van der Waals surface area contributed by atoms with E-state index in [4.69, 9.17) is 0 Å². The Bertz CT molecular complexity index is 857. The average molecular weight is 392 g/mol. The van der Waals surface area contributed by atoms with E-state index in [0.29, 0.717) is 18.5 Å². The average Bonchev–Trinajstić information content (AvgIpc) is 3.26. The maximum Gasteiger partial charge on any atom is 0.251 e. The molecule has 0 aromatic heterocycles. The summed E-state index contributed by atoms with van der Waals surface area (Å²) in [6.07, 6.45) is 5.16. The monoisotopic (exact) mass is 391 g/mol. The van der Waals surface area contributed by atoms with Gasteiger partial charge >= 0.3 is 0 Å². The first-order chi connectivity index (χ1) is 14.2. The van der Waals surface area contributed by atoms with Crippen LogP contribution in [0.5, 0.6) is 0 Å². The number of carbonyl (C=O) groups is 2.